The van der Waals surface area contributed by atoms with Crippen molar-refractivity contribution in [1.29, 1.82) is 5.26 Å². The first-order valence-corrected chi connectivity index (χ1v) is 14.7. The molecule has 4 rings (SSSR count). The quantitative estimate of drug-likeness (QED) is 0.107. The lowest BCUT2D eigenvalue weighted by molar-refractivity contribution is -0.136. The molecular formula is C32H30IN5O8. The van der Waals surface area contributed by atoms with Gasteiger partial charge in [-0.2, -0.15) is 10.4 Å². The van der Waals surface area contributed by atoms with Crippen molar-refractivity contribution in [2.24, 2.45) is 5.10 Å². The number of hydrogen-bond acceptors (Lipinski definition) is 10. The maximum atomic E-state index is 12.5. The SMILES string of the molecule is COC(=O)C1=C(C)NC(=O)N[C@@H]1c1ccc(OCC(=O)N/N=C\c2cc(I)c(OCc3ccccc3C#N)c(OC)c2)c(OC)c1. The molecular weight excluding hydrogens is 709 g/mol. The van der Waals surface area contributed by atoms with Crippen molar-refractivity contribution in [3.63, 3.8) is 0 Å². The molecule has 0 spiro atoms. The third-order valence-electron chi connectivity index (χ3n) is 6.72. The monoisotopic (exact) mass is 739 g/mol. The Labute approximate surface area is 278 Å². The standard InChI is InChI=1S/C32H30IN5O8/c1-18-28(31(40)44-4)29(37-32(41)36-18)20-9-10-24(25(13-20)42-2)45-17-27(39)38-35-15-19-11-23(33)30(26(12-19)43-3)46-16-22-8-6-5-7-21(22)14-34/h5-13,15,29H,16-17H2,1-4H3,(H,38,39)(H2,36,37,41)/b35-15-/t29-/m1/s1. The maximum Gasteiger partial charge on any atom is 0.337 e. The lowest BCUT2D eigenvalue weighted by atomic mass is 9.95. The van der Waals surface area contributed by atoms with E-state index in [9.17, 15) is 19.6 Å². The summed E-state index contributed by atoms with van der Waals surface area (Å²) in [6.07, 6.45) is 1.45. The minimum absolute atomic E-state index is 0.187. The van der Waals surface area contributed by atoms with Crippen molar-refractivity contribution < 1.29 is 38.1 Å². The smallest absolute Gasteiger partial charge is 0.337 e. The summed E-state index contributed by atoms with van der Waals surface area (Å²) in [6.45, 7) is 1.42. The topological polar surface area (TPSA) is 170 Å². The third-order valence-corrected chi connectivity index (χ3v) is 7.52. The molecule has 0 unspecified atom stereocenters. The summed E-state index contributed by atoms with van der Waals surface area (Å²) in [6, 6.07) is 16.4. The van der Waals surface area contributed by atoms with Crippen molar-refractivity contribution in [2.45, 2.75) is 19.6 Å². The third kappa shape index (κ3) is 8.04. The Morgan fingerprint density at radius 3 is 2.52 bits per heavy atom. The van der Waals surface area contributed by atoms with Crippen molar-refractivity contribution in [2.75, 3.05) is 27.9 Å². The number of urea groups is 1. The van der Waals surface area contributed by atoms with E-state index >= 15 is 0 Å². The molecule has 3 aromatic rings. The number of hydrogen-bond donors (Lipinski definition) is 3. The fourth-order valence-electron chi connectivity index (χ4n) is 4.52. The Balaban J connectivity index is 1.38. The highest BCUT2D eigenvalue weighted by molar-refractivity contribution is 14.1. The molecule has 238 valence electrons. The Bertz CT molecular complexity index is 1750. The van der Waals surface area contributed by atoms with Crippen LogP contribution in [0.3, 0.4) is 0 Å². The fraction of sp³-hybridized carbons (Fsp3) is 0.219. The zero-order valence-electron chi connectivity index (χ0n) is 25.3. The van der Waals surface area contributed by atoms with Gasteiger partial charge in [-0.15, -0.1) is 0 Å². The molecule has 14 heteroatoms. The number of carbonyl (C=O) groups excluding carboxylic acids is 3. The van der Waals surface area contributed by atoms with Crippen LogP contribution in [0.1, 0.15) is 35.2 Å². The largest absolute Gasteiger partial charge is 0.493 e. The first-order chi connectivity index (χ1) is 22.2. The Morgan fingerprint density at radius 1 is 1.04 bits per heavy atom. The molecule has 0 radical (unpaired) electrons. The average molecular weight is 740 g/mol. The molecule has 3 N–H and O–H groups in total. The van der Waals surface area contributed by atoms with E-state index in [2.05, 4.69) is 49.8 Å². The second-order valence-electron chi connectivity index (χ2n) is 9.65. The lowest BCUT2D eigenvalue weighted by Crippen LogP contribution is -2.45. The average Bonchev–Trinajstić information content (AvgIpc) is 3.05. The van der Waals surface area contributed by atoms with Gasteiger partial charge < -0.3 is 34.3 Å². The van der Waals surface area contributed by atoms with Crippen LogP contribution in [0.25, 0.3) is 0 Å². The molecule has 0 aliphatic carbocycles. The van der Waals surface area contributed by atoms with E-state index in [-0.39, 0.29) is 30.3 Å². The Morgan fingerprint density at radius 2 is 1.80 bits per heavy atom. The second kappa shape index (κ2) is 15.6. The van der Waals surface area contributed by atoms with E-state index in [0.29, 0.717) is 33.9 Å². The van der Waals surface area contributed by atoms with Crippen LogP contribution in [0.4, 0.5) is 4.79 Å². The normalized spacial score (nSPS) is 14.1. The number of halogens is 1. The number of benzene rings is 3. The zero-order chi connectivity index (χ0) is 33.2. The number of nitriles is 1. The summed E-state index contributed by atoms with van der Waals surface area (Å²) in [5, 5.41) is 18.6. The molecule has 1 heterocycles. The molecule has 1 aliphatic heterocycles. The van der Waals surface area contributed by atoms with Crippen LogP contribution < -0.4 is 35.0 Å². The van der Waals surface area contributed by atoms with Crippen molar-refractivity contribution in [1.82, 2.24) is 16.1 Å². The predicted molar refractivity (Wildman–Crippen MR) is 175 cm³/mol. The maximum absolute atomic E-state index is 12.5. The van der Waals surface area contributed by atoms with E-state index in [1.54, 1.807) is 49.4 Å². The minimum Gasteiger partial charge on any atom is -0.493 e. The number of methoxy groups -OCH3 is 3. The molecule has 46 heavy (non-hydrogen) atoms. The van der Waals surface area contributed by atoms with Crippen LogP contribution >= 0.6 is 22.6 Å². The summed E-state index contributed by atoms with van der Waals surface area (Å²) in [5.74, 6) is 0.392. The van der Waals surface area contributed by atoms with Crippen LogP contribution in [0.2, 0.25) is 0 Å². The number of esters is 1. The Hall–Kier alpha value is -5.30. The molecule has 1 aliphatic rings. The molecule has 3 aromatic carbocycles. The minimum atomic E-state index is -0.788. The highest BCUT2D eigenvalue weighted by atomic mass is 127. The number of carbonyl (C=O) groups is 3. The van der Waals surface area contributed by atoms with Crippen LogP contribution in [0.5, 0.6) is 23.0 Å². The van der Waals surface area contributed by atoms with E-state index in [1.165, 1.54) is 27.5 Å². The second-order valence-corrected chi connectivity index (χ2v) is 10.8. The van der Waals surface area contributed by atoms with Gasteiger partial charge >= 0.3 is 12.0 Å². The number of ether oxygens (including phenoxy) is 5. The first-order valence-electron chi connectivity index (χ1n) is 13.7. The van der Waals surface area contributed by atoms with Gasteiger partial charge in [-0.05, 0) is 71.0 Å². The van der Waals surface area contributed by atoms with Crippen molar-refractivity contribution in [3.05, 3.63) is 91.7 Å². The summed E-state index contributed by atoms with van der Waals surface area (Å²) in [4.78, 5) is 37.0. The number of nitrogens with one attached hydrogen (secondary N) is 3. The van der Waals surface area contributed by atoms with Gasteiger partial charge in [-0.1, -0.05) is 24.3 Å². The summed E-state index contributed by atoms with van der Waals surface area (Å²) in [7, 11) is 4.20. The van der Waals surface area contributed by atoms with E-state index in [1.807, 2.05) is 12.1 Å². The van der Waals surface area contributed by atoms with Crippen molar-refractivity contribution in [3.8, 4) is 29.1 Å². The molecule has 0 saturated heterocycles. The Kier molecular flexibility index (Phi) is 11.4. The van der Waals surface area contributed by atoms with Crippen molar-refractivity contribution >= 4 is 46.7 Å². The zero-order valence-corrected chi connectivity index (χ0v) is 27.5. The number of nitrogens with zero attached hydrogens (tertiary/aromatic N) is 2. The predicted octanol–water partition coefficient (Wildman–Crippen LogP) is 4.09. The van der Waals surface area contributed by atoms with Gasteiger partial charge in [0.15, 0.2) is 29.6 Å². The summed E-state index contributed by atoms with van der Waals surface area (Å²) < 4.78 is 28.2. The van der Waals surface area contributed by atoms with Gasteiger partial charge in [0.05, 0.1) is 54.4 Å². The van der Waals surface area contributed by atoms with E-state index < -0.39 is 23.9 Å². The van der Waals surface area contributed by atoms with Crippen LogP contribution in [0, 0.1) is 14.9 Å². The number of hydrazone groups is 1. The fourth-order valence-corrected chi connectivity index (χ4v) is 5.30. The molecule has 0 aromatic heterocycles. The first kappa shape index (κ1) is 33.6. The molecule has 1 atom stereocenters. The highest BCUT2D eigenvalue weighted by Crippen LogP contribution is 2.35. The summed E-state index contributed by atoms with van der Waals surface area (Å²) >= 11 is 2.11. The van der Waals surface area contributed by atoms with E-state index in [0.717, 1.165) is 9.13 Å². The highest BCUT2D eigenvalue weighted by Gasteiger charge is 2.32. The number of rotatable bonds is 12. The van der Waals surface area contributed by atoms with Gasteiger partial charge in [-0.3, -0.25) is 4.79 Å². The molecule has 0 bridgehead atoms. The van der Waals surface area contributed by atoms with Gasteiger partial charge in [0.25, 0.3) is 5.91 Å². The van der Waals surface area contributed by atoms with Gasteiger partial charge in [0.1, 0.15) is 6.61 Å². The number of amides is 3. The van der Waals surface area contributed by atoms with Gasteiger partial charge in [0.2, 0.25) is 0 Å². The lowest BCUT2D eigenvalue weighted by Gasteiger charge is -2.28. The molecule has 13 nitrogen and oxygen atoms in total. The van der Waals surface area contributed by atoms with Crippen LogP contribution in [0.15, 0.2) is 71.0 Å². The molecule has 0 fully saturated rings. The molecule has 0 saturated carbocycles. The van der Waals surface area contributed by atoms with E-state index in [4.69, 9.17) is 23.7 Å². The molecule has 3 amide bonds. The van der Waals surface area contributed by atoms with Gasteiger partial charge in [0, 0.05) is 11.3 Å². The number of allylic oxidation sites excluding steroid dienone is 1. The van der Waals surface area contributed by atoms with Gasteiger partial charge in [-0.25, -0.2) is 15.0 Å². The summed E-state index contributed by atoms with van der Waals surface area (Å²) in [5.41, 5.74) is 5.50. The van der Waals surface area contributed by atoms with Crippen LogP contribution in [-0.2, 0) is 20.9 Å². The van der Waals surface area contributed by atoms with Crippen LogP contribution in [-0.4, -0.2) is 52.1 Å².